The molecule has 1 N–H and O–H groups in total. The van der Waals surface area contributed by atoms with Gasteiger partial charge in [-0.3, -0.25) is 0 Å². The lowest BCUT2D eigenvalue weighted by Gasteiger charge is -2.05. The molecule has 1 rings (SSSR count). The first-order valence-corrected chi connectivity index (χ1v) is 3.72. The van der Waals surface area contributed by atoms with Crippen LogP contribution in [0, 0.1) is 11.6 Å². The average molecular weight is 225 g/mol. The molecule has 0 saturated carbocycles. The summed E-state index contributed by atoms with van der Waals surface area (Å²) in [7, 11) is 0. The summed E-state index contributed by atoms with van der Waals surface area (Å²) >= 11 is 5.23. The van der Waals surface area contributed by atoms with Crippen LogP contribution in [0.25, 0.3) is 0 Å². The van der Waals surface area contributed by atoms with E-state index in [1.165, 1.54) is 5.32 Å². The predicted molar refractivity (Wildman–Crippen MR) is 46.5 cm³/mol. The van der Waals surface area contributed by atoms with Crippen LogP contribution in [0.15, 0.2) is 12.1 Å². The van der Waals surface area contributed by atoms with Gasteiger partial charge in [0.25, 0.3) is 0 Å². The zero-order valence-corrected chi connectivity index (χ0v) is 7.36. The molecule has 0 aromatic heterocycles. The Morgan fingerprint density at radius 1 is 1.64 bits per heavy atom. The molecule has 3 nitrogen and oxygen atoms in total. The van der Waals surface area contributed by atoms with E-state index in [9.17, 15) is 13.6 Å². The maximum absolute atomic E-state index is 13.2. The highest BCUT2D eigenvalue weighted by atomic mass is 35.5. The number of carbonyl (C=O) groups is 1. The van der Waals surface area contributed by atoms with Gasteiger partial charge >= 0.3 is 6.09 Å². The lowest BCUT2D eigenvalue weighted by Crippen LogP contribution is -2.22. The number of hydrogen-bond donors (Lipinski definition) is 1. The van der Waals surface area contributed by atoms with Crippen molar-refractivity contribution in [1.29, 1.82) is 0 Å². The minimum absolute atomic E-state index is 0.668. The Balaban J connectivity index is 2.83. The lowest BCUT2D eigenvalue weighted by molar-refractivity contribution is 0.200. The quantitative estimate of drug-likeness (QED) is 0.744. The van der Waals surface area contributed by atoms with E-state index >= 15 is 0 Å². The third-order valence-corrected chi connectivity index (χ3v) is 1.65. The van der Waals surface area contributed by atoms with Crippen LogP contribution in [0.5, 0.6) is 5.75 Å². The number of benzene rings is 1. The molecule has 0 radical (unpaired) electrons. The predicted octanol–water partition coefficient (Wildman–Crippen LogP) is 2.34. The molecule has 0 heterocycles. The van der Waals surface area contributed by atoms with Gasteiger partial charge in [-0.15, -0.1) is 0 Å². The van der Waals surface area contributed by atoms with Crippen molar-refractivity contribution >= 4 is 17.7 Å². The molecule has 0 fully saturated rings. The normalized spacial score (nSPS) is 13.8. The van der Waals surface area contributed by atoms with Crippen molar-refractivity contribution in [3.63, 3.8) is 0 Å². The minimum atomic E-state index is -2.77. The molecule has 0 aliphatic heterocycles. The fourth-order valence-corrected chi connectivity index (χ4v) is 0.869. The van der Waals surface area contributed by atoms with E-state index in [4.69, 9.17) is 15.7 Å². The molecule has 6 heteroatoms. The van der Waals surface area contributed by atoms with Gasteiger partial charge in [0, 0.05) is 11.1 Å². The first-order valence-electron chi connectivity index (χ1n) is 4.84. The number of nitrogens with one attached hydrogen (secondary N) is 1. The van der Waals surface area contributed by atoms with Crippen LogP contribution in [0.3, 0.4) is 0 Å². The van der Waals surface area contributed by atoms with Gasteiger partial charge in [0.05, 0.1) is 0 Å². The van der Waals surface area contributed by atoms with Gasteiger partial charge in [-0.1, -0.05) is 11.6 Å². The zero-order valence-electron chi connectivity index (χ0n) is 9.61. The Morgan fingerprint density at radius 2 is 2.36 bits per heavy atom. The molecule has 1 amide bonds. The third kappa shape index (κ3) is 2.11. The molecule has 0 unspecified atom stereocenters. The summed E-state index contributed by atoms with van der Waals surface area (Å²) in [5.74, 6) is -2.97. The van der Waals surface area contributed by atoms with E-state index in [2.05, 4.69) is 4.74 Å². The molecule has 14 heavy (non-hydrogen) atoms. The van der Waals surface area contributed by atoms with Crippen LogP contribution in [0.4, 0.5) is 13.6 Å². The van der Waals surface area contributed by atoms with Gasteiger partial charge < -0.3 is 10.1 Å². The van der Waals surface area contributed by atoms with Crippen molar-refractivity contribution in [3.8, 4) is 5.75 Å². The van der Waals surface area contributed by atoms with Crippen LogP contribution in [-0.2, 0) is 0 Å². The number of carbonyl (C=O) groups excluding carboxylic acids is 1. The fourth-order valence-electron chi connectivity index (χ4n) is 0.712. The highest BCUT2D eigenvalue weighted by Gasteiger charge is 2.14. The van der Waals surface area contributed by atoms with Gasteiger partial charge in [-0.2, -0.15) is 0 Å². The maximum Gasteiger partial charge on any atom is 0.412 e. The molecular formula is C8H6ClF2NO2. The topological polar surface area (TPSA) is 38.3 Å². The lowest BCUT2D eigenvalue weighted by atomic mass is 10.3. The smallest absolute Gasteiger partial charge is 0.407 e. The van der Waals surface area contributed by atoms with Gasteiger partial charge in [-0.25, -0.2) is 13.6 Å². The summed E-state index contributed by atoms with van der Waals surface area (Å²) in [4.78, 5) is 11.0. The first-order chi connectivity index (χ1) is 7.70. The van der Waals surface area contributed by atoms with Crippen LogP contribution < -0.4 is 10.1 Å². The van der Waals surface area contributed by atoms with Gasteiger partial charge in [0.2, 0.25) is 0 Å². The van der Waals surface area contributed by atoms with Crippen molar-refractivity contribution in [2.75, 3.05) is 6.98 Å². The second-order valence-corrected chi connectivity index (χ2v) is 2.57. The summed E-state index contributed by atoms with van der Waals surface area (Å²) in [5.41, 5.74) is 0. The number of halogens is 3. The summed E-state index contributed by atoms with van der Waals surface area (Å²) in [6.45, 7) is -2.77. The SMILES string of the molecule is [2H]C([2H])([2H])NC(=O)Oc1ccc(F)c(Cl)c1F. The monoisotopic (exact) mass is 224 g/mol. The minimum Gasteiger partial charge on any atom is -0.407 e. The van der Waals surface area contributed by atoms with Gasteiger partial charge in [0.15, 0.2) is 11.6 Å². The Labute approximate surface area is 87.8 Å². The Morgan fingerprint density at radius 3 is 3.00 bits per heavy atom. The van der Waals surface area contributed by atoms with Crippen molar-refractivity contribution in [3.05, 3.63) is 28.8 Å². The summed E-state index contributed by atoms with van der Waals surface area (Å²) < 4.78 is 50.4. The molecule has 0 saturated heterocycles. The van der Waals surface area contributed by atoms with Crippen molar-refractivity contribution in [2.24, 2.45) is 0 Å². The number of hydrogen-bond acceptors (Lipinski definition) is 2. The van der Waals surface area contributed by atoms with E-state index in [0.717, 1.165) is 12.1 Å². The zero-order chi connectivity index (χ0) is 13.2. The summed E-state index contributed by atoms with van der Waals surface area (Å²) in [5, 5.41) is 0.621. The maximum atomic E-state index is 13.2. The third-order valence-electron chi connectivity index (χ3n) is 1.30. The molecule has 0 spiro atoms. The molecule has 0 bridgehead atoms. The molecule has 0 aliphatic rings. The second-order valence-electron chi connectivity index (χ2n) is 2.19. The molecule has 0 aliphatic carbocycles. The Hall–Kier alpha value is -1.36. The van der Waals surface area contributed by atoms with Crippen molar-refractivity contribution < 1.29 is 22.4 Å². The van der Waals surface area contributed by atoms with Gasteiger partial charge in [-0.05, 0) is 12.1 Å². The number of ether oxygens (including phenoxy) is 1. The van der Waals surface area contributed by atoms with Crippen molar-refractivity contribution in [1.82, 2.24) is 5.32 Å². The standard InChI is InChI=1S/C8H6ClF2NO2/c1-12-8(13)14-5-3-2-4(10)6(9)7(5)11/h2-3H,1H3,(H,12,13)/i1D3. The molecule has 1 aromatic carbocycles. The van der Waals surface area contributed by atoms with E-state index in [0.29, 0.717) is 0 Å². The molecule has 1 aromatic rings. The number of amides is 1. The fraction of sp³-hybridized carbons (Fsp3) is 0.125. The van der Waals surface area contributed by atoms with Gasteiger partial charge in [0.1, 0.15) is 10.8 Å². The molecule has 76 valence electrons. The highest BCUT2D eigenvalue weighted by Crippen LogP contribution is 2.26. The largest absolute Gasteiger partial charge is 0.412 e. The number of rotatable bonds is 1. The van der Waals surface area contributed by atoms with Crippen LogP contribution >= 0.6 is 11.6 Å². The highest BCUT2D eigenvalue weighted by molar-refractivity contribution is 6.31. The first kappa shape index (κ1) is 7.00. The molecular weight excluding hydrogens is 216 g/mol. The molecule has 0 atom stereocenters. The Bertz CT molecular complexity index is 453. The average Bonchev–Trinajstić information content (AvgIpc) is 2.16. The van der Waals surface area contributed by atoms with E-state index in [1.807, 2.05) is 0 Å². The van der Waals surface area contributed by atoms with Crippen molar-refractivity contribution in [2.45, 2.75) is 0 Å². The van der Waals surface area contributed by atoms with Crippen LogP contribution in [0.1, 0.15) is 4.11 Å². The Kier molecular flexibility index (Phi) is 2.12. The summed E-state index contributed by atoms with van der Waals surface area (Å²) in [6.07, 6.45) is -1.40. The van der Waals surface area contributed by atoms with E-state index < -0.39 is 35.5 Å². The van der Waals surface area contributed by atoms with Crippen LogP contribution in [-0.4, -0.2) is 13.1 Å². The second kappa shape index (κ2) is 4.23. The van der Waals surface area contributed by atoms with E-state index in [-0.39, 0.29) is 0 Å². The van der Waals surface area contributed by atoms with E-state index in [1.54, 1.807) is 0 Å². The summed E-state index contributed by atoms with van der Waals surface area (Å²) in [6, 6.07) is 1.60. The van der Waals surface area contributed by atoms with Crippen LogP contribution in [0.2, 0.25) is 5.02 Å².